The normalized spacial score (nSPS) is 9.50. The molecule has 2 rings (SSSR count). The fourth-order valence-electron chi connectivity index (χ4n) is 1.53. The summed E-state index contributed by atoms with van der Waals surface area (Å²) in [7, 11) is 0. The highest BCUT2D eigenvalue weighted by atomic mass is 16.6. The number of anilines is 2. The van der Waals surface area contributed by atoms with Crippen LogP contribution in [0, 0.1) is 30.3 Å². The molecule has 0 aliphatic carbocycles. The van der Waals surface area contributed by atoms with Crippen molar-refractivity contribution in [3.05, 3.63) is 66.7 Å². The molecular weight excluding hydrogens is 326 g/mol. The van der Waals surface area contributed by atoms with E-state index in [0.29, 0.717) is 23.5 Å². The van der Waals surface area contributed by atoms with Crippen LogP contribution < -0.4 is 11.5 Å². The number of aromatic hydroxyl groups is 1. The van der Waals surface area contributed by atoms with Gasteiger partial charge in [0.05, 0.1) is 26.9 Å². The Morgan fingerprint density at radius 3 is 1.46 bits per heavy atom. The predicted octanol–water partition coefficient (Wildman–Crippen LogP) is 1.97. The van der Waals surface area contributed by atoms with E-state index in [2.05, 4.69) is 0 Å². The summed E-state index contributed by atoms with van der Waals surface area (Å²) >= 11 is 0. The Balaban J connectivity index is 0.000000300. The molecule has 0 unspecified atom stereocenters. The minimum absolute atomic E-state index is 0.447. The van der Waals surface area contributed by atoms with Gasteiger partial charge in [0.1, 0.15) is 0 Å². The first-order chi connectivity index (χ1) is 11.1. The van der Waals surface area contributed by atoms with Gasteiger partial charge in [-0.05, 0) is 18.2 Å². The zero-order valence-electron chi connectivity index (χ0n) is 11.9. The van der Waals surface area contributed by atoms with E-state index in [1.54, 1.807) is 18.2 Å². The molecule has 0 atom stereocenters. The van der Waals surface area contributed by atoms with Gasteiger partial charge in [-0.3, -0.25) is 30.3 Å². The predicted molar refractivity (Wildman–Crippen MR) is 83.3 cm³/mol. The number of nitro groups is 3. The van der Waals surface area contributed by atoms with Gasteiger partial charge in [-0.25, -0.2) is 0 Å². The van der Waals surface area contributed by atoms with Crippen LogP contribution in [-0.2, 0) is 0 Å². The standard InChI is InChI=1S/C6H3N3O7.C6H8N2/c10-6-4(8(13)14)1-3(7(11)12)2-5(6)9(15)16;7-5-2-1-3-6(8)4-5/h1-2,10H;1-4H,7-8H2. The highest BCUT2D eigenvalue weighted by Crippen LogP contribution is 2.38. The van der Waals surface area contributed by atoms with E-state index in [1.165, 1.54) is 0 Å². The average molecular weight is 337 g/mol. The van der Waals surface area contributed by atoms with Crippen LogP contribution in [-0.4, -0.2) is 19.9 Å². The third kappa shape index (κ3) is 4.52. The van der Waals surface area contributed by atoms with Crippen molar-refractivity contribution in [2.24, 2.45) is 0 Å². The molecule has 0 aliphatic heterocycles. The summed E-state index contributed by atoms with van der Waals surface area (Å²) in [4.78, 5) is 27.8. The summed E-state index contributed by atoms with van der Waals surface area (Å²) in [5.41, 5.74) is 9.18. The Labute approximate surface area is 133 Å². The Bertz CT molecular complexity index is 756. The number of benzene rings is 2. The molecule has 0 saturated carbocycles. The number of hydrogen-bond donors (Lipinski definition) is 3. The molecule has 0 amide bonds. The molecular formula is C12H11N5O7. The van der Waals surface area contributed by atoms with E-state index in [1.807, 2.05) is 6.07 Å². The van der Waals surface area contributed by atoms with Gasteiger partial charge in [0.2, 0.25) is 0 Å². The SMILES string of the molecule is Nc1cccc(N)c1.O=[N+]([O-])c1cc([N+](=O)[O-])c(O)c([N+](=O)[O-])c1. The van der Waals surface area contributed by atoms with Gasteiger partial charge in [0, 0.05) is 11.4 Å². The summed E-state index contributed by atoms with van der Waals surface area (Å²) in [6.45, 7) is 0. The number of nitrogens with zero attached hydrogens (tertiary/aromatic N) is 3. The molecule has 0 spiro atoms. The number of non-ortho nitro benzene ring substituents is 1. The summed E-state index contributed by atoms with van der Waals surface area (Å²) in [6.07, 6.45) is 0. The maximum Gasteiger partial charge on any atom is 0.324 e. The second kappa shape index (κ2) is 7.35. The zero-order valence-corrected chi connectivity index (χ0v) is 11.9. The summed E-state index contributed by atoms with van der Waals surface area (Å²) in [6, 6.07) is 8.04. The van der Waals surface area contributed by atoms with Crippen LogP contribution in [0.2, 0.25) is 0 Å². The van der Waals surface area contributed by atoms with Crippen molar-refractivity contribution in [1.82, 2.24) is 0 Å². The van der Waals surface area contributed by atoms with Gasteiger partial charge in [-0.15, -0.1) is 0 Å². The lowest BCUT2D eigenvalue weighted by Crippen LogP contribution is -1.97. The summed E-state index contributed by atoms with van der Waals surface area (Å²) in [5, 5.41) is 40.2. The molecule has 0 heterocycles. The number of phenols is 1. The van der Waals surface area contributed by atoms with Crippen LogP contribution >= 0.6 is 0 Å². The fraction of sp³-hybridized carbons (Fsp3) is 0. The van der Waals surface area contributed by atoms with E-state index in [9.17, 15) is 30.3 Å². The quantitative estimate of drug-likeness (QED) is 0.425. The fourth-order valence-corrected chi connectivity index (χ4v) is 1.53. The van der Waals surface area contributed by atoms with Crippen molar-refractivity contribution in [1.29, 1.82) is 0 Å². The molecule has 2 aromatic rings. The van der Waals surface area contributed by atoms with E-state index in [4.69, 9.17) is 16.6 Å². The topological polar surface area (TPSA) is 202 Å². The minimum Gasteiger partial charge on any atom is -0.497 e. The van der Waals surface area contributed by atoms with Crippen molar-refractivity contribution < 1.29 is 19.9 Å². The van der Waals surface area contributed by atoms with Crippen molar-refractivity contribution in [3.8, 4) is 5.75 Å². The Morgan fingerprint density at radius 2 is 1.21 bits per heavy atom. The van der Waals surface area contributed by atoms with E-state index in [0.717, 1.165) is 0 Å². The molecule has 0 saturated heterocycles. The van der Waals surface area contributed by atoms with Crippen LogP contribution in [0.15, 0.2) is 36.4 Å². The lowest BCUT2D eigenvalue weighted by Gasteiger charge is -1.97. The molecule has 0 radical (unpaired) electrons. The highest BCUT2D eigenvalue weighted by Gasteiger charge is 2.30. The van der Waals surface area contributed by atoms with Gasteiger partial charge in [0.25, 0.3) is 11.4 Å². The van der Waals surface area contributed by atoms with Crippen LogP contribution in [0.3, 0.4) is 0 Å². The van der Waals surface area contributed by atoms with Crippen LogP contribution in [0.5, 0.6) is 5.75 Å². The molecule has 24 heavy (non-hydrogen) atoms. The molecule has 12 heteroatoms. The molecule has 0 aromatic heterocycles. The number of nitrogen functional groups attached to an aromatic ring is 2. The van der Waals surface area contributed by atoms with Crippen LogP contribution in [0.1, 0.15) is 0 Å². The number of hydrogen-bond acceptors (Lipinski definition) is 9. The third-order valence-corrected chi connectivity index (χ3v) is 2.57. The molecule has 0 fully saturated rings. The van der Waals surface area contributed by atoms with E-state index >= 15 is 0 Å². The molecule has 5 N–H and O–H groups in total. The lowest BCUT2D eigenvalue weighted by atomic mass is 10.2. The van der Waals surface area contributed by atoms with Crippen molar-refractivity contribution in [3.63, 3.8) is 0 Å². The Kier molecular flexibility index (Phi) is 5.54. The molecule has 2 aromatic carbocycles. The first-order valence-electron chi connectivity index (χ1n) is 6.04. The first kappa shape index (κ1) is 18.1. The number of phenolic OH excluding ortho intramolecular Hbond substituents is 1. The minimum atomic E-state index is -1.21. The smallest absolute Gasteiger partial charge is 0.324 e. The highest BCUT2D eigenvalue weighted by molar-refractivity contribution is 5.64. The van der Waals surface area contributed by atoms with Gasteiger partial charge in [0.15, 0.2) is 0 Å². The van der Waals surface area contributed by atoms with Gasteiger partial charge in [-0.1, -0.05) is 6.07 Å². The first-order valence-corrected chi connectivity index (χ1v) is 6.04. The van der Waals surface area contributed by atoms with Gasteiger partial charge < -0.3 is 16.6 Å². The maximum absolute atomic E-state index is 10.4. The van der Waals surface area contributed by atoms with Crippen molar-refractivity contribution in [2.75, 3.05) is 11.5 Å². The molecule has 0 bridgehead atoms. The lowest BCUT2D eigenvalue weighted by molar-refractivity contribution is -0.404. The zero-order chi connectivity index (χ0) is 18.4. The molecule has 0 aliphatic rings. The number of nitro benzene ring substituents is 3. The van der Waals surface area contributed by atoms with Gasteiger partial charge in [-0.2, -0.15) is 0 Å². The van der Waals surface area contributed by atoms with E-state index in [-0.39, 0.29) is 0 Å². The van der Waals surface area contributed by atoms with E-state index < -0.39 is 37.6 Å². The van der Waals surface area contributed by atoms with Crippen LogP contribution in [0.4, 0.5) is 28.4 Å². The summed E-state index contributed by atoms with van der Waals surface area (Å²) in [5.74, 6) is -1.21. The van der Waals surface area contributed by atoms with Crippen LogP contribution in [0.25, 0.3) is 0 Å². The Morgan fingerprint density at radius 1 is 0.792 bits per heavy atom. The largest absolute Gasteiger partial charge is 0.497 e. The second-order valence-electron chi connectivity index (χ2n) is 4.27. The number of nitrogens with two attached hydrogens (primary N) is 2. The third-order valence-electron chi connectivity index (χ3n) is 2.57. The molecule has 12 nitrogen and oxygen atoms in total. The van der Waals surface area contributed by atoms with Crippen molar-refractivity contribution in [2.45, 2.75) is 0 Å². The van der Waals surface area contributed by atoms with Gasteiger partial charge >= 0.3 is 11.4 Å². The second-order valence-corrected chi connectivity index (χ2v) is 4.27. The number of rotatable bonds is 3. The maximum atomic E-state index is 10.4. The average Bonchev–Trinajstić information content (AvgIpc) is 2.46. The Hall–Kier alpha value is -3.96. The molecule has 126 valence electrons. The van der Waals surface area contributed by atoms with Crippen molar-refractivity contribution >= 4 is 28.4 Å². The monoisotopic (exact) mass is 337 g/mol. The summed E-state index contributed by atoms with van der Waals surface area (Å²) < 4.78 is 0.